The molecule has 0 unspecified atom stereocenters. The molecule has 3 nitrogen and oxygen atoms in total. The Labute approximate surface area is 80.1 Å². The third-order valence-corrected chi connectivity index (χ3v) is 0. The molecule has 0 aliphatic heterocycles. The Morgan fingerprint density at radius 2 is 1.00 bits per heavy atom. The van der Waals surface area contributed by atoms with Gasteiger partial charge in [-0.15, -0.1) is 0 Å². The summed E-state index contributed by atoms with van der Waals surface area (Å²) in [6.45, 7) is 0. The first-order chi connectivity index (χ1) is 1.00. The molecule has 0 aliphatic carbocycles. The Balaban J connectivity index is -0.000000000833. The minimum Gasteiger partial charge on any atom is -2.00 e. The topological polar surface area (TPSA) is 74.1 Å². The Kier molecular flexibility index (Phi) is 571. The van der Waals surface area contributed by atoms with E-state index in [1.54, 1.807) is 10.1 Å². The van der Waals surface area contributed by atoms with Gasteiger partial charge < -0.3 is 11.0 Å². The normalized spacial score (nSPS) is 1.00. The van der Waals surface area contributed by atoms with Crippen molar-refractivity contribution in [1.29, 1.82) is 0 Å². The molecule has 0 atom stereocenters. The van der Waals surface area contributed by atoms with Crippen LogP contribution in [0.1, 0.15) is 0 Å². The maximum atomic E-state index is 8.06. The van der Waals surface area contributed by atoms with Crippen molar-refractivity contribution in [3.8, 4) is 0 Å². The maximum Gasteiger partial charge on any atom is 3.00 e. The van der Waals surface area contributed by atoms with Crippen LogP contribution in [-0.4, -0.2) is 27.5 Å². The SMILES string of the molecule is O=[Si+2].[Al+3].[Dy+3].[O-2].[O-2]. The van der Waals surface area contributed by atoms with Gasteiger partial charge in [-0.25, -0.2) is 0 Å². The van der Waals surface area contributed by atoms with E-state index in [-0.39, 0.29) is 66.5 Å². The molecule has 0 amide bonds. The summed E-state index contributed by atoms with van der Waals surface area (Å²) in [5, 5.41) is 0. The molecule has 31 valence electrons. The zero-order valence-corrected chi connectivity index (χ0v) is 6.80. The molecule has 0 spiro atoms. The van der Waals surface area contributed by atoms with Gasteiger partial charge in [0.2, 0.25) is 0 Å². The average molecular weight is 266 g/mol. The number of rotatable bonds is 0. The molecule has 0 fully saturated rings. The molecule has 0 aromatic heterocycles. The van der Waals surface area contributed by atoms with E-state index in [1.807, 2.05) is 0 Å². The van der Waals surface area contributed by atoms with E-state index in [9.17, 15) is 0 Å². The fourth-order valence-corrected chi connectivity index (χ4v) is 0. The first-order valence-corrected chi connectivity index (χ1v) is 0.612. The van der Waals surface area contributed by atoms with Crippen molar-refractivity contribution in [3.05, 3.63) is 0 Å². The minimum atomic E-state index is 0. The van der Waals surface area contributed by atoms with Gasteiger partial charge in [-0.05, 0) is 0 Å². The number of hydrogen-bond acceptors (Lipinski definition) is 1. The summed E-state index contributed by atoms with van der Waals surface area (Å²) in [6.07, 6.45) is 0. The summed E-state index contributed by atoms with van der Waals surface area (Å²) in [5.41, 5.74) is 0. The third kappa shape index (κ3) is 42.5. The van der Waals surface area contributed by atoms with Crippen molar-refractivity contribution in [2.24, 2.45) is 0 Å². The van der Waals surface area contributed by atoms with Gasteiger partial charge in [0, 0.05) is 0 Å². The Morgan fingerprint density at radius 3 is 1.00 bits per heavy atom. The van der Waals surface area contributed by atoms with E-state index in [0.29, 0.717) is 0 Å². The van der Waals surface area contributed by atoms with Crippen molar-refractivity contribution >= 4 is 27.5 Å². The standard InChI is InChI=1S/Al.Dy.OSi.2O/c;;1-2;;/q2*+3;+2;2*-2. The molecule has 0 saturated carbocycles. The Bertz CT molecular complexity index is 10.8. The second-order valence-electron chi connectivity index (χ2n) is 0. The number of hydrogen-bond donors (Lipinski definition) is 0. The quantitative estimate of drug-likeness (QED) is 0.511. The van der Waals surface area contributed by atoms with E-state index in [2.05, 4.69) is 0 Å². The zero-order valence-electron chi connectivity index (χ0n) is 2.62. The van der Waals surface area contributed by atoms with E-state index in [4.69, 9.17) is 4.46 Å². The molecule has 0 saturated heterocycles. The summed E-state index contributed by atoms with van der Waals surface area (Å²) in [7, 11) is 1.72. The van der Waals surface area contributed by atoms with Crippen molar-refractivity contribution in [1.82, 2.24) is 0 Å². The molecular weight excluding hydrogens is 266 g/mol. The summed E-state index contributed by atoms with van der Waals surface area (Å²) in [5.74, 6) is 0. The van der Waals surface area contributed by atoms with Crippen LogP contribution in [0.25, 0.3) is 0 Å². The smallest absolute Gasteiger partial charge is 2.00 e. The molecule has 0 aromatic carbocycles. The fraction of sp³-hybridized carbons (Fsp3) is 0. The summed E-state index contributed by atoms with van der Waals surface area (Å²) < 4.78 is 8.06. The molecule has 0 aromatic rings. The van der Waals surface area contributed by atoms with Crippen LogP contribution in [0.3, 0.4) is 0 Å². The summed E-state index contributed by atoms with van der Waals surface area (Å²) in [6, 6.07) is 0. The second kappa shape index (κ2) is 73.2. The molecule has 0 bridgehead atoms. The van der Waals surface area contributed by atoms with Crippen LogP contribution in [0.5, 0.6) is 0 Å². The molecular formula is AlDyO3Si+4. The van der Waals surface area contributed by atoms with E-state index < -0.39 is 0 Å². The monoisotopic (exact) mass is 267 g/mol. The van der Waals surface area contributed by atoms with Gasteiger partial charge in [0.05, 0.1) is 0 Å². The van der Waals surface area contributed by atoms with Gasteiger partial charge >= 0.3 is 70.1 Å². The average Bonchev–Trinajstić information content (AvgIpc) is 1.00. The molecule has 6 heteroatoms. The van der Waals surface area contributed by atoms with Crippen molar-refractivity contribution in [2.45, 2.75) is 0 Å². The van der Waals surface area contributed by atoms with Gasteiger partial charge in [-0.2, -0.15) is 0 Å². The van der Waals surface area contributed by atoms with Crippen molar-refractivity contribution < 1.29 is 53.6 Å². The van der Waals surface area contributed by atoms with Gasteiger partial charge in [0.15, 0.2) is 0 Å². The van der Waals surface area contributed by atoms with Gasteiger partial charge in [-0.1, -0.05) is 0 Å². The van der Waals surface area contributed by atoms with Crippen LogP contribution in [0, 0.1) is 38.2 Å². The molecule has 0 N–H and O–H groups in total. The largest absolute Gasteiger partial charge is 3.00 e. The fourth-order valence-electron chi connectivity index (χ4n) is 0. The van der Waals surface area contributed by atoms with Crippen LogP contribution >= 0.6 is 0 Å². The van der Waals surface area contributed by atoms with Gasteiger partial charge in [0.25, 0.3) is 0 Å². The molecule has 0 rings (SSSR count). The molecule has 6 heavy (non-hydrogen) atoms. The predicted octanol–water partition coefficient (Wildman–Crippen LogP) is -1.12. The zero-order chi connectivity index (χ0) is 2.00. The first kappa shape index (κ1) is 46.8. The minimum absolute atomic E-state index is 0. The van der Waals surface area contributed by atoms with Crippen molar-refractivity contribution in [3.63, 3.8) is 0 Å². The van der Waals surface area contributed by atoms with Crippen molar-refractivity contribution in [2.75, 3.05) is 0 Å². The Hall–Kier alpha value is 1.74. The summed E-state index contributed by atoms with van der Waals surface area (Å²) in [4.78, 5) is 0. The Morgan fingerprint density at radius 1 is 1.00 bits per heavy atom. The van der Waals surface area contributed by atoms with Crippen LogP contribution in [0.4, 0.5) is 0 Å². The summed E-state index contributed by atoms with van der Waals surface area (Å²) >= 11 is 0. The molecule has 0 heterocycles. The first-order valence-electron chi connectivity index (χ1n) is 0.204. The van der Waals surface area contributed by atoms with E-state index >= 15 is 0 Å². The van der Waals surface area contributed by atoms with Crippen LogP contribution in [0.15, 0.2) is 0 Å². The van der Waals surface area contributed by atoms with Gasteiger partial charge in [-0.3, -0.25) is 0 Å². The van der Waals surface area contributed by atoms with E-state index in [0.717, 1.165) is 0 Å². The predicted molar refractivity (Wildman–Crippen MR) is 13.6 cm³/mol. The third-order valence-electron chi connectivity index (χ3n) is 0. The molecule has 1 radical (unpaired) electrons. The molecule has 0 aliphatic rings. The van der Waals surface area contributed by atoms with Crippen LogP contribution < -0.4 is 0 Å². The van der Waals surface area contributed by atoms with Crippen LogP contribution in [0.2, 0.25) is 0 Å². The van der Waals surface area contributed by atoms with E-state index in [1.165, 1.54) is 0 Å². The maximum absolute atomic E-state index is 8.06. The van der Waals surface area contributed by atoms with Crippen LogP contribution in [-0.2, 0) is 15.4 Å². The second-order valence-corrected chi connectivity index (χ2v) is 0. The van der Waals surface area contributed by atoms with Gasteiger partial charge in [0.1, 0.15) is 0 Å².